The fourth-order valence-corrected chi connectivity index (χ4v) is 3.86. The van der Waals surface area contributed by atoms with Crippen molar-refractivity contribution in [2.24, 2.45) is 5.92 Å². The van der Waals surface area contributed by atoms with E-state index in [1.807, 2.05) is 18.5 Å². The minimum Gasteiger partial charge on any atom is -0.357 e. The molecule has 26 heavy (non-hydrogen) atoms. The van der Waals surface area contributed by atoms with E-state index in [0.29, 0.717) is 18.9 Å². The van der Waals surface area contributed by atoms with E-state index in [9.17, 15) is 0 Å². The molecule has 2 heterocycles. The monoisotopic (exact) mass is 374 g/mol. The Hall–Kier alpha value is -1.91. The molecule has 0 atom stereocenters. The smallest absolute Gasteiger partial charge is 0.227 e. The summed E-state index contributed by atoms with van der Waals surface area (Å²) in [6, 6.07) is 4.24. The van der Waals surface area contributed by atoms with Crippen LogP contribution in [0.5, 0.6) is 0 Å². The van der Waals surface area contributed by atoms with Gasteiger partial charge in [-0.1, -0.05) is 13.8 Å². The predicted molar refractivity (Wildman–Crippen MR) is 111 cm³/mol. The molecule has 0 saturated heterocycles. The summed E-state index contributed by atoms with van der Waals surface area (Å²) in [6.07, 6.45) is 1.56. The minimum atomic E-state index is 0.487. The Morgan fingerprint density at radius 1 is 1.12 bits per heavy atom. The topological polar surface area (TPSA) is 59.3 Å². The molecule has 0 spiro atoms. The molecule has 2 aromatic heterocycles. The maximum atomic E-state index is 8.86. The first-order valence-electron chi connectivity index (χ1n) is 9.15. The lowest BCUT2D eigenvalue weighted by atomic mass is 10.2. The fourth-order valence-electron chi connectivity index (χ4n) is 2.98. The molecule has 0 radical (unpaired) electrons. The van der Waals surface area contributed by atoms with Gasteiger partial charge in [0.2, 0.25) is 5.95 Å². The highest BCUT2D eigenvalue weighted by atomic mass is 32.1. The van der Waals surface area contributed by atoms with Crippen molar-refractivity contribution in [2.75, 3.05) is 57.1 Å². The normalized spacial score (nSPS) is 11.3. The molecule has 0 aromatic carbocycles. The fraction of sp³-hybridized carbons (Fsp3) is 0.632. The van der Waals surface area contributed by atoms with Gasteiger partial charge in [-0.15, -0.1) is 11.3 Å². The van der Waals surface area contributed by atoms with Crippen molar-refractivity contribution in [1.29, 1.82) is 5.26 Å². The van der Waals surface area contributed by atoms with Crippen molar-refractivity contribution in [3.63, 3.8) is 0 Å². The largest absolute Gasteiger partial charge is 0.357 e. The van der Waals surface area contributed by atoms with Gasteiger partial charge in [-0.05, 0) is 37.4 Å². The first-order valence-corrected chi connectivity index (χ1v) is 10.0. The maximum Gasteiger partial charge on any atom is 0.227 e. The van der Waals surface area contributed by atoms with Gasteiger partial charge in [-0.2, -0.15) is 10.2 Å². The van der Waals surface area contributed by atoms with Crippen molar-refractivity contribution < 1.29 is 0 Å². The van der Waals surface area contributed by atoms with E-state index in [1.54, 1.807) is 11.3 Å². The average Bonchev–Trinajstić information content (AvgIpc) is 3.06. The summed E-state index contributed by atoms with van der Waals surface area (Å²) >= 11 is 1.65. The van der Waals surface area contributed by atoms with Crippen LogP contribution in [0.15, 0.2) is 11.4 Å². The van der Waals surface area contributed by atoms with E-state index in [4.69, 9.17) is 15.2 Å². The molecule has 0 amide bonds. The van der Waals surface area contributed by atoms with Gasteiger partial charge >= 0.3 is 0 Å². The van der Waals surface area contributed by atoms with Crippen LogP contribution in [0.25, 0.3) is 10.2 Å². The Morgan fingerprint density at radius 3 is 2.58 bits per heavy atom. The standard InChI is InChI=1S/C19H30N6S/c1-15(2)14-23(3)10-7-12-25(5)19-21-16-8-13-26-17(16)18(22-19)24(4)11-6-9-20/h8,13,15H,6-7,10-12,14H2,1-5H3. The molecule has 142 valence electrons. The van der Waals surface area contributed by atoms with Crippen LogP contribution in [0.4, 0.5) is 11.8 Å². The first kappa shape index (κ1) is 20.4. The lowest BCUT2D eigenvalue weighted by Gasteiger charge is -2.23. The van der Waals surface area contributed by atoms with Gasteiger partial charge in [0.25, 0.3) is 0 Å². The molecule has 2 aromatic rings. The number of thiophene rings is 1. The zero-order valence-corrected chi connectivity index (χ0v) is 17.4. The summed E-state index contributed by atoms with van der Waals surface area (Å²) in [4.78, 5) is 16.1. The van der Waals surface area contributed by atoms with Crippen LogP contribution in [-0.4, -0.2) is 62.2 Å². The van der Waals surface area contributed by atoms with E-state index in [1.165, 1.54) is 0 Å². The number of fused-ring (bicyclic) bond motifs is 1. The molecule has 0 bridgehead atoms. The first-order chi connectivity index (χ1) is 12.4. The van der Waals surface area contributed by atoms with Gasteiger partial charge in [0.1, 0.15) is 0 Å². The van der Waals surface area contributed by atoms with Crippen molar-refractivity contribution >= 4 is 33.3 Å². The second-order valence-corrected chi connectivity index (χ2v) is 8.16. The lowest BCUT2D eigenvalue weighted by molar-refractivity contribution is 0.293. The van der Waals surface area contributed by atoms with Gasteiger partial charge in [0, 0.05) is 33.7 Å². The minimum absolute atomic E-state index is 0.487. The van der Waals surface area contributed by atoms with E-state index in [2.05, 4.69) is 48.7 Å². The van der Waals surface area contributed by atoms with Crippen LogP contribution in [0.1, 0.15) is 26.7 Å². The molecule has 0 aliphatic heterocycles. The van der Waals surface area contributed by atoms with Gasteiger partial charge in [-0.25, -0.2) is 4.98 Å². The molecule has 0 saturated carbocycles. The van der Waals surface area contributed by atoms with Gasteiger partial charge < -0.3 is 14.7 Å². The summed E-state index contributed by atoms with van der Waals surface area (Å²) in [6.45, 7) is 8.27. The molecular formula is C19H30N6S. The molecule has 6 nitrogen and oxygen atoms in total. The second-order valence-electron chi connectivity index (χ2n) is 7.24. The Morgan fingerprint density at radius 2 is 1.88 bits per heavy atom. The molecule has 0 unspecified atom stereocenters. The van der Waals surface area contributed by atoms with Crippen LogP contribution < -0.4 is 9.80 Å². The molecular weight excluding hydrogens is 344 g/mol. The van der Waals surface area contributed by atoms with E-state index in [0.717, 1.165) is 48.0 Å². The highest BCUT2D eigenvalue weighted by molar-refractivity contribution is 7.17. The van der Waals surface area contributed by atoms with Crippen molar-refractivity contribution in [3.8, 4) is 6.07 Å². The van der Waals surface area contributed by atoms with Crippen LogP contribution in [-0.2, 0) is 0 Å². The third kappa shape index (κ3) is 5.55. The number of hydrogen-bond acceptors (Lipinski definition) is 7. The summed E-state index contributed by atoms with van der Waals surface area (Å²) < 4.78 is 1.08. The second kappa shape index (κ2) is 9.70. The number of rotatable bonds is 10. The molecule has 0 aliphatic carbocycles. The molecule has 0 aliphatic rings. The van der Waals surface area contributed by atoms with Crippen LogP contribution >= 0.6 is 11.3 Å². The summed E-state index contributed by atoms with van der Waals surface area (Å²) in [5.74, 6) is 2.36. The molecule has 0 N–H and O–H groups in total. The predicted octanol–water partition coefficient (Wildman–Crippen LogP) is 3.46. The van der Waals surface area contributed by atoms with Crippen molar-refractivity contribution in [3.05, 3.63) is 11.4 Å². The van der Waals surface area contributed by atoms with Gasteiger partial charge in [0.05, 0.1) is 22.7 Å². The van der Waals surface area contributed by atoms with E-state index in [-0.39, 0.29) is 0 Å². The molecule has 0 fully saturated rings. The van der Waals surface area contributed by atoms with Crippen molar-refractivity contribution in [2.45, 2.75) is 26.7 Å². The number of nitrogens with zero attached hydrogens (tertiary/aromatic N) is 6. The highest BCUT2D eigenvalue weighted by Gasteiger charge is 2.15. The zero-order valence-electron chi connectivity index (χ0n) is 16.6. The van der Waals surface area contributed by atoms with E-state index >= 15 is 0 Å². The van der Waals surface area contributed by atoms with Crippen LogP contribution in [0.3, 0.4) is 0 Å². The third-order valence-corrected chi connectivity index (χ3v) is 5.15. The number of hydrogen-bond donors (Lipinski definition) is 0. The number of nitriles is 1. The Kier molecular flexibility index (Phi) is 7.61. The summed E-state index contributed by atoms with van der Waals surface area (Å²) in [5, 5.41) is 10.9. The van der Waals surface area contributed by atoms with Crippen molar-refractivity contribution in [1.82, 2.24) is 14.9 Å². The Labute approximate surface area is 161 Å². The molecule has 2 rings (SSSR count). The summed E-state index contributed by atoms with van der Waals surface area (Å²) in [7, 11) is 6.22. The van der Waals surface area contributed by atoms with Gasteiger partial charge in [0.15, 0.2) is 5.82 Å². The van der Waals surface area contributed by atoms with Crippen LogP contribution in [0.2, 0.25) is 0 Å². The number of aromatic nitrogens is 2. The Bertz CT molecular complexity index is 735. The highest BCUT2D eigenvalue weighted by Crippen LogP contribution is 2.30. The SMILES string of the molecule is CC(C)CN(C)CCCN(C)c1nc(N(C)CCC#N)c2sccc2n1. The van der Waals surface area contributed by atoms with Gasteiger partial charge in [-0.3, -0.25) is 0 Å². The van der Waals surface area contributed by atoms with E-state index < -0.39 is 0 Å². The number of anilines is 2. The third-order valence-electron chi connectivity index (χ3n) is 4.25. The Balaban J connectivity index is 2.07. The molecule has 7 heteroatoms. The lowest BCUT2D eigenvalue weighted by Crippen LogP contribution is -2.29. The quantitative estimate of drug-likeness (QED) is 0.635. The maximum absolute atomic E-state index is 8.86. The summed E-state index contributed by atoms with van der Waals surface area (Å²) in [5.41, 5.74) is 0.975. The average molecular weight is 375 g/mol. The zero-order chi connectivity index (χ0) is 19.1. The van der Waals surface area contributed by atoms with Crippen LogP contribution in [0, 0.1) is 17.2 Å².